The van der Waals surface area contributed by atoms with Crippen LogP contribution in [0.1, 0.15) is 28.7 Å². The Morgan fingerprint density at radius 2 is 1.65 bits per heavy atom. The average molecular weight is 363 g/mol. The minimum absolute atomic E-state index is 1.00. The summed E-state index contributed by atoms with van der Waals surface area (Å²) >= 11 is 3.57. The molecule has 0 amide bonds. The molecule has 3 aromatic rings. The van der Waals surface area contributed by atoms with Gasteiger partial charge in [-0.1, -0.05) is 82.7 Å². The minimum Gasteiger partial charge on any atom is -0.0925 e. The highest BCUT2D eigenvalue weighted by Gasteiger charge is 2.19. The standard InChI is InChI=1S/C22H19Br/c23-15-5-10-20-18-8-3-1-6-16(18)11-13-21-19-9-4-2-7-17(19)12-14-22(20)21/h1-4,6-10,12,14H,5,11,13,15H2. The molecule has 114 valence electrons. The van der Waals surface area contributed by atoms with Gasteiger partial charge in [0.2, 0.25) is 0 Å². The number of alkyl halides is 1. The second-order valence-corrected chi connectivity index (χ2v) is 6.86. The number of rotatable bonds is 2. The first-order valence-electron chi connectivity index (χ1n) is 8.24. The molecular weight excluding hydrogens is 344 g/mol. The van der Waals surface area contributed by atoms with Gasteiger partial charge in [0, 0.05) is 5.33 Å². The lowest BCUT2D eigenvalue weighted by Gasteiger charge is -2.14. The van der Waals surface area contributed by atoms with Gasteiger partial charge in [-0.05, 0) is 57.9 Å². The van der Waals surface area contributed by atoms with Gasteiger partial charge in [-0.15, -0.1) is 0 Å². The van der Waals surface area contributed by atoms with Crippen LogP contribution in [0.2, 0.25) is 0 Å². The molecule has 0 saturated heterocycles. The van der Waals surface area contributed by atoms with Gasteiger partial charge in [-0.25, -0.2) is 0 Å². The van der Waals surface area contributed by atoms with Crippen LogP contribution in [0.15, 0.2) is 66.7 Å². The molecule has 0 N–H and O–H groups in total. The molecule has 0 radical (unpaired) electrons. The number of allylic oxidation sites excluding steroid dienone is 1. The largest absolute Gasteiger partial charge is 0.0925 e. The molecular formula is C22H19Br. The lowest BCUT2D eigenvalue weighted by molar-refractivity contribution is 0.974. The number of benzene rings is 3. The molecule has 3 aromatic carbocycles. The summed E-state index contributed by atoms with van der Waals surface area (Å²) in [5.41, 5.74) is 7.18. The second-order valence-electron chi connectivity index (χ2n) is 6.07. The number of hydrogen-bond donors (Lipinski definition) is 0. The maximum absolute atomic E-state index is 3.57. The highest BCUT2D eigenvalue weighted by Crippen LogP contribution is 2.37. The zero-order valence-electron chi connectivity index (χ0n) is 13.1. The summed E-state index contributed by atoms with van der Waals surface area (Å²) < 4.78 is 0. The summed E-state index contributed by atoms with van der Waals surface area (Å²) in [6, 6.07) is 22.2. The summed E-state index contributed by atoms with van der Waals surface area (Å²) in [5.74, 6) is 0. The van der Waals surface area contributed by atoms with Gasteiger partial charge in [0.25, 0.3) is 0 Å². The number of aryl methyl sites for hydroxylation is 2. The third-order valence-corrected chi connectivity index (χ3v) is 5.20. The Kier molecular flexibility index (Phi) is 4.05. The second kappa shape index (κ2) is 6.33. The van der Waals surface area contributed by atoms with E-state index in [0.29, 0.717) is 0 Å². The fourth-order valence-electron chi connectivity index (χ4n) is 3.68. The Labute approximate surface area is 146 Å². The van der Waals surface area contributed by atoms with Crippen LogP contribution in [0.5, 0.6) is 0 Å². The highest BCUT2D eigenvalue weighted by atomic mass is 79.9. The monoisotopic (exact) mass is 362 g/mol. The molecule has 0 saturated carbocycles. The van der Waals surface area contributed by atoms with Crippen molar-refractivity contribution in [3.63, 3.8) is 0 Å². The van der Waals surface area contributed by atoms with Crippen LogP contribution in [0.25, 0.3) is 16.3 Å². The maximum atomic E-state index is 3.57. The summed E-state index contributed by atoms with van der Waals surface area (Å²) in [6.45, 7) is 0. The van der Waals surface area contributed by atoms with Crippen molar-refractivity contribution < 1.29 is 0 Å². The van der Waals surface area contributed by atoms with Crippen molar-refractivity contribution in [1.29, 1.82) is 0 Å². The van der Waals surface area contributed by atoms with E-state index in [1.807, 2.05) is 0 Å². The smallest absolute Gasteiger partial charge is 0.00662 e. The fraction of sp³-hybridized carbons (Fsp3) is 0.182. The molecule has 0 nitrogen and oxygen atoms in total. The molecule has 0 aliphatic heterocycles. The average Bonchev–Trinajstić information content (AvgIpc) is 2.77. The minimum atomic E-state index is 1.00. The van der Waals surface area contributed by atoms with E-state index in [0.717, 1.165) is 24.6 Å². The quantitative estimate of drug-likeness (QED) is 0.479. The van der Waals surface area contributed by atoms with Crippen molar-refractivity contribution >= 4 is 32.3 Å². The van der Waals surface area contributed by atoms with Gasteiger partial charge in [-0.3, -0.25) is 0 Å². The third-order valence-electron chi connectivity index (χ3n) is 4.74. The van der Waals surface area contributed by atoms with Gasteiger partial charge in [0.05, 0.1) is 0 Å². The first-order chi connectivity index (χ1) is 11.4. The number of fused-ring (bicyclic) bond motifs is 4. The normalized spacial score (nSPS) is 15.3. The predicted octanol–water partition coefficient (Wildman–Crippen LogP) is 6.16. The summed E-state index contributed by atoms with van der Waals surface area (Å²) in [6.07, 6.45) is 5.67. The van der Waals surface area contributed by atoms with Crippen molar-refractivity contribution in [1.82, 2.24) is 0 Å². The van der Waals surface area contributed by atoms with Crippen LogP contribution in [0.4, 0.5) is 0 Å². The van der Waals surface area contributed by atoms with E-state index in [4.69, 9.17) is 0 Å². The SMILES string of the molecule is BrCCC=C1c2ccccc2CCc2c1ccc1ccccc21. The van der Waals surface area contributed by atoms with E-state index in [2.05, 4.69) is 82.7 Å². The molecule has 0 atom stereocenters. The van der Waals surface area contributed by atoms with Gasteiger partial charge >= 0.3 is 0 Å². The molecule has 0 unspecified atom stereocenters. The lowest BCUT2D eigenvalue weighted by atomic mass is 9.90. The molecule has 0 heterocycles. The Bertz CT molecular complexity index is 889. The van der Waals surface area contributed by atoms with Gasteiger partial charge in [0.1, 0.15) is 0 Å². The van der Waals surface area contributed by atoms with Crippen molar-refractivity contribution in [3.05, 3.63) is 89.0 Å². The Morgan fingerprint density at radius 3 is 2.57 bits per heavy atom. The molecule has 1 aliphatic carbocycles. The van der Waals surface area contributed by atoms with Crippen LogP contribution in [-0.4, -0.2) is 5.33 Å². The van der Waals surface area contributed by atoms with Gasteiger partial charge in [-0.2, -0.15) is 0 Å². The maximum Gasteiger partial charge on any atom is 0.00662 e. The lowest BCUT2D eigenvalue weighted by Crippen LogP contribution is -1.94. The predicted molar refractivity (Wildman–Crippen MR) is 103 cm³/mol. The topological polar surface area (TPSA) is 0 Å². The Morgan fingerprint density at radius 1 is 0.826 bits per heavy atom. The molecule has 4 rings (SSSR count). The van der Waals surface area contributed by atoms with Crippen LogP contribution < -0.4 is 0 Å². The van der Waals surface area contributed by atoms with Crippen molar-refractivity contribution in [2.45, 2.75) is 19.3 Å². The van der Waals surface area contributed by atoms with Crippen molar-refractivity contribution in [3.8, 4) is 0 Å². The van der Waals surface area contributed by atoms with E-state index >= 15 is 0 Å². The van der Waals surface area contributed by atoms with E-state index in [-0.39, 0.29) is 0 Å². The van der Waals surface area contributed by atoms with E-state index in [1.54, 1.807) is 0 Å². The van der Waals surface area contributed by atoms with E-state index < -0.39 is 0 Å². The van der Waals surface area contributed by atoms with Gasteiger partial charge in [0.15, 0.2) is 0 Å². The van der Waals surface area contributed by atoms with Gasteiger partial charge < -0.3 is 0 Å². The molecule has 23 heavy (non-hydrogen) atoms. The van der Waals surface area contributed by atoms with Crippen LogP contribution in [0, 0.1) is 0 Å². The fourth-order valence-corrected chi connectivity index (χ4v) is 3.91. The first-order valence-corrected chi connectivity index (χ1v) is 9.36. The Balaban J connectivity index is 2.00. The summed E-state index contributed by atoms with van der Waals surface area (Å²) in [5, 5.41) is 3.75. The Hall–Kier alpha value is -1.86. The molecule has 0 spiro atoms. The van der Waals surface area contributed by atoms with Crippen LogP contribution in [0.3, 0.4) is 0 Å². The first kappa shape index (κ1) is 14.7. The number of hydrogen-bond acceptors (Lipinski definition) is 0. The van der Waals surface area contributed by atoms with Crippen molar-refractivity contribution in [2.24, 2.45) is 0 Å². The van der Waals surface area contributed by atoms with E-state index in [9.17, 15) is 0 Å². The summed E-state index contributed by atoms with van der Waals surface area (Å²) in [7, 11) is 0. The zero-order chi connectivity index (χ0) is 15.6. The van der Waals surface area contributed by atoms with E-state index in [1.165, 1.54) is 38.6 Å². The van der Waals surface area contributed by atoms with Crippen molar-refractivity contribution in [2.75, 3.05) is 5.33 Å². The molecule has 0 aromatic heterocycles. The molecule has 1 heteroatoms. The zero-order valence-corrected chi connectivity index (χ0v) is 14.6. The molecule has 1 aliphatic rings. The summed E-state index contributed by atoms with van der Waals surface area (Å²) in [4.78, 5) is 0. The molecule has 0 bridgehead atoms. The van der Waals surface area contributed by atoms with Crippen LogP contribution >= 0.6 is 15.9 Å². The third kappa shape index (κ3) is 2.64. The number of halogens is 1. The highest BCUT2D eigenvalue weighted by molar-refractivity contribution is 9.09. The molecule has 0 fully saturated rings. The van der Waals surface area contributed by atoms with Crippen LogP contribution in [-0.2, 0) is 12.8 Å².